The normalized spacial score (nSPS) is 20.8. The average Bonchev–Trinajstić information content (AvgIpc) is 3.31. The number of likely N-dealkylation sites (N-methyl/N-ethyl adjacent to an activating group) is 1. The highest BCUT2D eigenvalue weighted by atomic mass is 19.1. The maximum absolute atomic E-state index is 13.8. The van der Waals surface area contributed by atoms with Crippen LogP contribution in [0.5, 0.6) is 0 Å². The summed E-state index contributed by atoms with van der Waals surface area (Å²) in [5.74, 6) is -2.52. The van der Waals surface area contributed by atoms with E-state index in [4.69, 9.17) is 0 Å². The van der Waals surface area contributed by atoms with Crippen LogP contribution in [0.25, 0.3) is 0 Å². The molecule has 1 aromatic carbocycles. The predicted octanol–water partition coefficient (Wildman–Crippen LogP) is 1.53. The van der Waals surface area contributed by atoms with Crippen molar-refractivity contribution >= 4 is 17.5 Å². The molecule has 1 saturated heterocycles. The molecule has 2 amide bonds. The topological polar surface area (TPSA) is 52.7 Å². The molecule has 5 nitrogen and oxygen atoms in total. The fourth-order valence-electron chi connectivity index (χ4n) is 3.01. The minimum Gasteiger partial charge on any atom is -0.355 e. The average molecular weight is 337 g/mol. The van der Waals surface area contributed by atoms with Gasteiger partial charge in [-0.25, -0.2) is 8.78 Å². The van der Waals surface area contributed by atoms with E-state index in [1.165, 1.54) is 23.8 Å². The Labute approximate surface area is 139 Å². The van der Waals surface area contributed by atoms with Crippen LogP contribution in [-0.2, 0) is 9.59 Å². The van der Waals surface area contributed by atoms with Crippen molar-refractivity contribution in [2.24, 2.45) is 5.92 Å². The van der Waals surface area contributed by atoms with Crippen molar-refractivity contribution in [2.45, 2.75) is 25.3 Å². The lowest BCUT2D eigenvalue weighted by Gasteiger charge is -2.18. The number of hydrogen-bond acceptors (Lipinski definition) is 3. The Morgan fingerprint density at radius 1 is 1.38 bits per heavy atom. The van der Waals surface area contributed by atoms with Gasteiger partial charge in [0.2, 0.25) is 11.8 Å². The van der Waals surface area contributed by atoms with Crippen molar-refractivity contribution in [1.29, 1.82) is 0 Å². The first kappa shape index (κ1) is 16.8. The summed E-state index contributed by atoms with van der Waals surface area (Å²) in [5.41, 5.74) is 0.0187. The summed E-state index contributed by atoms with van der Waals surface area (Å²) in [7, 11) is 2.03. The van der Waals surface area contributed by atoms with Gasteiger partial charge in [-0.15, -0.1) is 0 Å². The van der Waals surface area contributed by atoms with Crippen molar-refractivity contribution in [3.8, 4) is 0 Å². The molecular formula is C17H21F2N3O2. The van der Waals surface area contributed by atoms with Gasteiger partial charge in [0.15, 0.2) is 0 Å². The molecule has 1 atom stereocenters. The second-order valence-electron chi connectivity index (χ2n) is 6.50. The van der Waals surface area contributed by atoms with Crippen LogP contribution >= 0.6 is 0 Å². The van der Waals surface area contributed by atoms with E-state index >= 15 is 0 Å². The van der Waals surface area contributed by atoms with Gasteiger partial charge in [0, 0.05) is 38.2 Å². The number of carbonyl (C=O) groups excluding carboxylic acids is 2. The van der Waals surface area contributed by atoms with Crippen molar-refractivity contribution < 1.29 is 18.4 Å². The lowest BCUT2D eigenvalue weighted by Crippen LogP contribution is -2.38. The summed E-state index contributed by atoms with van der Waals surface area (Å²) in [6.07, 6.45) is 2.46. The molecule has 24 heavy (non-hydrogen) atoms. The standard InChI is InChI=1S/C17H21F2N3O2/c1-21(13-3-4-13)7-6-20-17(24)11-8-16(23)22(10-11)15-5-2-12(18)9-14(15)19/h2,5,9,11,13H,3-4,6-8,10H2,1H3,(H,20,24)/t11-/m1/s1. The number of rotatable bonds is 6. The van der Waals surface area contributed by atoms with Crippen LogP contribution in [0, 0.1) is 17.6 Å². The molecule has 0 unspecified atom stereocenters. The number of nitrogens with one attached hydrogen (secondary N) is 1. The Hall–Kier alpha value is -2.02. The van der Waals surface area contributed by atoms with Crippen LogP contribution in [0.2, 0.25) is 0 Å². The van der Waals surface area contributed by atoms with Crippen LogP contribution in [0.3, 0.4) is 0 Å². The molecule has 0 bridgehead atoms. The maximum Gasteiger partial charge on any atom is 0.227 e. The Balaban J connectivity index is 1.54. The highest BCUT2D eigenvalue weighted by Crippen LogP contribution is 2.28. The highest BCUT2D eigenvalue weighted by molar-refractivity contribution is 6.00. The van der Waals surface area contributed by atoms with Gasteiger partial charge >= 0.3 is 0 Å². The number of benzene rings is 1. The Bertz CT molecular complexity index is 649. The second-order valence-corrected chi connectivity index (χ2v) is 6.50. The first-order valence-corrected chi connectivity index (χ1v) is 8.19. The van der Waals surface area contributed by atoms with Crippen LogP contribution in [-0.4, -0.2) is 49.4 Å². The molecule has 1 aliphatic heterocycles. The van der Waals surface area contributed by atoms with Gasteiger partial charge in [-0.05, 0) is 32.0 Å². The van der Waals surface area contributed by atoms with E-state index in [1.54, 1.807) is 0 Å². The van der Waals surface area contributed by atoms with E-state index in [0.717, 1.165) is 18.7 Å². The largest absolute Gasteiger partial charge is 0.355 e. The molecule has 3 rings (SSSR count). The molecule has 2 aliphatic rings. The number of hydrogen-bond donors (Lipinski definition) is 1. The van der Waals surface area contributed by atoms with Crippen molar-refractivity contribution in [3.05, 3.63) is 29.8 Å². The van der Waals surface area contributed by atoms with Crippen LogP contribution < -0.4 is 10.2 Å². The van der Waals surface area contributed by atoms with Gasteiger partial charge in [0.05, 0.1) is 11.6 Å². The molecule has 0 radical (unpaired) electrons. The van der Waals surface area contributed by atoms with E-state index in [2.05, 4.69) is 10.2 Å². The van der Waals surface area contributed by atoms with E-state index in [1.807, 2.05) is 7.05 Å². The third kappa shape index (κ3) is 3.72. The van der Waals surface area contributed by atoms with Crippen LogP contribution in [0.15, 0.2) is 18.2 Å². The Morgan fingerprint density at radius 3 is 2.79 bits per heavy atom. The summed E-state index contributed by atoms with van der Waals surface area (Å²) < 4.78 is 26.8. The third-order valence-electron chi connectivity index (χ3n) is 4.63. The first-order chi connectivity index (χ1) is 11.5. The minimum atomic E-state index is -0.796. The number of amides is 2. The van der Waals surface area contributed by atoms with Gasteiger partial charge in [-0.1, -0.05) is 0 Å². The van der Waals surface area contributed by atoms with E-state index in [-0.39, 0.29) is 30.5 Å². The van der Waals surface area contributed by atoms with Crippen LogP contribution in [0.4, 0.5) is 14.5 Å². The van der Waals surface area contributed by atoms with Crippen molar-refractivity contribution in [1.82, 2.24) is 10.2 Å². The van der Waals surface area contributed by atoms with Gasteiger partial charge in [-0.3, -0.25) is 9.59 Å². The lowest BCUT2D eigenvalue weighted by atomic mass is 10.1. The molecule has 1 heterocycles. The SMILES string of the molecule is CN(CCNC(=O)[C@@H]1CC(=O)N(c2ccc(F)cc2F)C1)C1CC1. The first-order valence-electron chi connectivity index (χ1n) is 8.19. The fraction of sp³-hybridized carbons (Fsp3) is 0.529. The third-order valence-corrected chi connectivity index (χ3v) is 4.63. The smallest absolute Gasteiger partial charge is 0.227 e. The maximum atomic E-state index is 13.8. The lowest BCUT2D eigenvalue weighted by molar-refractivity contribution is -0.126. The van der Waals surface area contributed by atoms with E-state index in [0.29, 0.717) is 12.6 Å². The minimum absolute atomic E-state index is 0.0187. The molecule has 1 aromatic rings. The zero-order chi connectivity index (χ0) is 17.3. The summed E-state index contributed by atoms with van der Waals surface area (Å²) in [4.78, 5) is 27.7. The fourth-order valence-corrected chi connectivity index (χ4v) is 3.01. The predicted molar refractivity (Wildman–Crippen MR) is 85.5 cm³/mol. The number of halogens is 2. The highest BCUT2D eigenvalue weighted by Gasteiger charge is 2.36. The summed E-state index contributed by atoms with van der Waals surface area (Å²) in [6, 6.07) is 3.70. The molecule has 2 fully saturated rings. The molecule has 1 N–H and O–H groups in total. The zero-order valence-corrected chi connectivity index (χ0v) is 13.6. The van der Waals surface area contributed by atoms with Gasteiger partial charge in [0.25, 0.3) is 0 Å². The molecule has 7 heteroatoms. The van der Waals surface area contributed by atoms with Crippen LogP contribution in [0.1, 0.15) is 19.3 Å². The summed E-state index contributed by atoms with van der Waals surface area (Å²) >= 11 is 0. The molecular weight excluding hydrogens is 316 g/mol. The monoisotopic (exact) mass is 337 g/mol. The summed E-state index contributed by atoms with van der Waals surface area (Å²) in [5, 5.41) is 2.84. The van der Waals surface area contributed by atoms with Gasteiger partial charge in [0.1, 0.15) is 11.6 Å². The Kier molecular flexibility index (Phi) is 4.80. The molecule has 0 aromatic heterocycles. The number of nitrogens with zero attached hydrogens (tertiary/aromatic N) is 2. The number of carbonyl (C=O) groups is 2. The molecule has 0 spiro atoms. The second kappa shape index (κ2) is 6.84. The zero-order valence-electron chi connectivity index (χ0n) is 13.6. The molecule has 130 valence electrons. The van der Waals surface area contributed by atoms with Crippen molar-refractivity contribution in [2.75, 3.05) is 31.6 Å². The van der Waals surface area contributed by atoms with E-state index < -0.39 is 17.6 Å². The number of anilines is 1. The quantitative estimate of drug-likeness (QED) is 0.856. The van der Waals surface area contributed by atoms with Gasteiger partial charge < -0.3 is 15.1 Å². The van der Waals surface area contributed by atoms with Crippen molar-refractivity contribution in [3.63, 3.8) is 0 Å². The van der Waals surface area contributed by atoms with E-state index in [9.17, 15) is 18.4 Å². The van der Waals surface area contributed by atoms with Gasteiger partial charge in [-0.2, -0.15) is 0 Å². The molecule has 1 aliphatic carbocycles. The molecule has 1 saturated carbocycles. The Morgan fingerprint density at radius 2 is 2.12 bits per heavy atom. The summed E-state index contributed by atoms with van der Waals surface area (Å²) in [6.45, 7) is 1.42.